The van der Waals surface area contributed by atoms with Crippen LogP contribution in [0.5, 0.6) is 0 Å². The number of nitrogens with zero attached hydrogens (tertiary/aromatic N) is 1. The monoisotopic (exact) mass is 256 g/mol. The second kappa shape index (κ2) is 6.73. The van der Waals surface area contributed by atoms with E-state index in [0.29, 0.717) is 0 Å². The molecule has 0 spiro atoms. The molecule has 1 aliphatic rings. The van der Waals surface area contributed by atoms with E-state index in [2.05, 4.69) is 5.32 Å². The summed E-state index contributed by atoms with van der Waals surface area (Å²) >= 11 is 0. The first-order valence-corrected chi connectivity index (χ1v) is 6.69. The number of hydrogen-bond acceptors (Lipinski definition) is 3. The van der Waals surface area contributed by atoms with Crippen LogP contribution in [-0.2, 0) is 9.59 Å². The van der Waals surface area contributed by atoms with E-state index < -0.39 is 5.97 Å². The van der Waals surface area contributed by atoms with Crippen molar-refractivity contribution < 1.29 is 14.7 Å². The molecule has 5 heteroatoms. The summed E-state index contributed by atoms with van der Waals surface area (Å²) in [5, 5.41) is 11.8. The van der Waals surface area contributed by atoms with Gasteiger partial charge in [0, 0.05) is 12.1 Å². The van der Waals surface area contributed by atoms with Crippen LogP contribution in [0.3, 0.4) is 0 Å². The molecule has 1 saturated carbocycles. The minimum atomic E-state index is -0.869. The first-order chi connectivity index (χ1) is 8.41. The maximum absolute atomic E-state index is 12.0. The van der Waals surface area contributed by atoms with Gasteiger partial charge in [-0.3, -0.25) is 14.5 Å². The number of carbonyl (C=O) groups is 2. The molecule has 5 nitrogen and oxygen atoms in total. The molecule has 104 valence electrons. The smallest absolute Gasteiger partial charge is 0.317 e. The fourth-order valence-electron chi connectivity index (χ4n) is 2.53. The molecule has 1 atom stereocenters. The molecule has 2 N–H and O–H groups in total. The van der Waals surface area contributed by atoms with Crippen LogP contribution >= 0.6 is 0 Å². The van der Waals surface area contributed by atoms with Crippen LogP contribution in [-0.4, -0.2) is 46.6 Å². The summed E-state index contributed by atoms with van der Waals surface area (Å²) in [6.07, 6.45) is 4.23. The Kier molecular flexibility index (Phi) is 5.59. The average molecular weight is 256 g/mol. The van der Waals surface area contributed by atoms with Crippen LogP contribution in [0.15, 0.2) is 0 Å². The third-order valence-corrected chi connectivity index (χ3v) is 3.42. The number of amides is 1. The summed E-state index contributed by atoms with van der Waals surface area (Å²) in [5.41, 5.74) is 0. The van der Waals surface area contributed by atoms with Gasteiger partial charge in [-0.15, -0.1) is 0 Å². The third-order valence-electron chi connectivity index (χ3n) is 3.42. The van der Waals surface area contributed by atoms with E-state index >= 15 is 0 Å². The van der Waals surface area contributed by atoms with Gasteiger partial charge in [0.25, 0.3) is 0 Å². The second-order valence-electron chi connectivity index (χ2n) is 5.34. The fourth-order valence-corrected chi connectivity index (χ4v) is 2.53. The van der Waals surface area contributed by atoms with Gasteiger partial charge in [-0.25, -0.2) is 0 Å². The molecule has 1 aliphatic carbocycles. The van der Waals surface area contributed by atoms with Gasteiger partial charge in [0.15, 0.2) is 0 Å². The van der Waals surface area contributed by atoms with Gasteiger partial charge in [0.1, 0.15) is 0 Å². The first kappa shape index (κ1) is 15.0. The molecule has 0 aromatic carbocycles. The van der Waals surface area contributed by atoms with Crippen LogP contribution in [0.25, 0.3) is 0 Å². The SMILES string of the molecule is CC(C)NC(=O)C(C)N(CC(=O)O)C1CCCC1. The van der Waals surface area contributed by atoms with Crippen LogP contribution in [0.4, 0.5) is 0 Å². The highest BCUT2D eigenvalue weighted by Gasteiger charge is 2.31. The van der Waals surface area contributed by atoms with Crippen molar-refractivity contribution in [3.63, 3.8) is 0 Å². The summed E-state index contributed by atoms with van der Waals surface area (Å²) in [6.45, 7) is 5.54. The normalized spacial score (nSPS) is 18.3. The number of nitrogens with one attached hydrogen (secondary N) is 1. The topological polar surface area (TPSA) is 69.6 Å². The van der Waals surface area contributed by atoms with Crippen molar-refractivity contribution in [2.24, 2.45) is 0 Å². The van der Waals surface area contributed by atoms with Crippen molar-refractivity contribution >= 4 is 11.9 Å². The predicted molar refractivity (Wildman–Crippen MR) is 69.3 cm³/mol. The summed E-state index contributed by atoms with van der Waals surface area (Å²) in [6, 6.07) is -0.0733. The highest BCUT2D eigenvalue weighted by Crippen LogP contribution is 2.25. The lowest BCUT2D eigenvalue weighted by Crippen LogP contribution is -2.52. The molecule has 0 bridgehead atoms. The van der Waals surface area contributed by atoms with Crippen LogP contribution in [0.1, 0.15) is 46.5 Å². The Morgan fingerprint density at radius 3 is 2.28 bits per heavy atom. The first-order valence-electron chi connectivity index (χ1n) is 6.69. The molecule has 1 fully saturated rings. The van der Waals surface area contributed by atoms with Gasteiger partial charge in [0.05, 0.1) is 12.6 Å². The maximum Gasteiger partial charge on any atom is 0.317 e. The Hall–Kier alpha value is -1.10. The molecule has 1 rings (SSSR count). The quantitative estimate of drug-likeness (QED) is 0.750. The summed E-state index contributed by atoms with van der Waals surface area (Å²) in [5.74, 6) is -0.954. The number of rotatable bonds is 6. The fraction of sp³-hybridized carbons (Fsp3) is 0.846. The van der Waals surface area contributed by atoms with E-state index in [1.807, 2.05) is 18.7 Å². The van der Waals surface area contributed by atoms with E-state index in [-0.39, 0.29) is 30.6 Å². The molecule has 1 amide bonds. The number of carbonyl (C=O) groups excluding carboxylic acids is 1. The molecule has 0 aromatic heterocycles. The number of carboxylic acid groups (broad SMARTS) is 1. The van der Waals surface area contributed by atoms with Crippen molar-refractivity contribution in [2.45, 2.75) is 64.6 Å². The van der Waals surface area contributed by atoms with E-state index in [9.17, 15) is 9.59 Å². The molecular weight excluding hydrogens is 232 g/mol. The van der Waals surface area contributed by atoms with E-state index in [1.165, 1.54) is 0 Å². The highest BCUT2D eigenvalue weighted by atomic mass is 16.4. The second-order valence-corrected chi connectivity index (χ2v) is 5.34. The molecule has 0 aliphatic heterocycles. The molecule has 0 aromatic rings. The Morgan fingerprint density at radius 1 is 1.28 bits per heavy atom. The molecular formula is C13H24N2O3. The molecule has 0 saturated heterocycles. The Balaban J connectivity index is 2.68. The zero-order valence-corrected chi connectivity index (χ0v) is 11.5. The van der Waals surface area contributed by atoms with Crippen molar-refractivity contribution in [1.82, 2.24) is 10.2 Å². The van der Waals surface area contributed by atoms with Gasteiger partial charge in [0.2, 0.25) is 5.91 Å². The Labute approximate surface area is 109 Å². The lowest BCUT2D eigenvalue weighted by molar-refractivity contribution is -0.141. The van der Waals surface area contributed by atoms with Gasteiger partial charge < -0.3 is 10.4 Å². The third kappa shape index (κ3) is 4.29. The predicted octanol–water partition coefficient (Wildman–Crippen LogP) is 1.23. The lowest BCUT2D eigenvalue weighted by Gasteiger charge is -2.32. The van der Waals surface area contributed by atoms with Crippen molar-refractivity contribution in [2.75, 3.05) is 6.54 Å². The van der Waals surface area contributed by atoms with Gasteiger partial charge in [-0.1, -0.05) is 12.8 Å². The van der Waals surface area contributed by atoms with Crippen LogP contribution in [0, 0.1) is 0 Å². The van der Waals surface area contributed by atoms with Crippen molar-refractivity contribution in [3.8, 4) is 0 Å². The lowest BCUT2D eigenvalue weighted by atomic mass is 10.1. The van der Waals surface area contributed by atoms with E-state index in [4.69, 9.17) is 5.11 Å². The highest BCUT2D eigenvalue weighted by molar-refractivity contribution is 5.82. The Bertz CT molecular complexity index is 299. The summed E-state index contributed by atoms with van der Waals surface area (Å²) < 4.78 is 0. The number of carboxylic acids is 1. The Morgan fingerprint density at radius 2 is 1.83 bits per heavy atom. The van der Waals surface area contributed by atoms with Crippen molar-refractivity contribution in [1.29, 1.82) is 0 Å². The van der Waals surface area contributed by atoms with Crippen LogP contribution in [0.2, 0.25) is 0 Å². The minimum absolute atomic E-state index is 0.0582. The zero-order chi connectivity index (χ0) is 13.7. The van der Waals surface area contributed by atoms with Gasteiger partial charge in [-0.2, -0.15) is 0 Å². The molecule has 0 heterocycles. The largest absolute Gasteiger partial charge is 0.480 e. The van der Waals surface area contributed by atoms with E-state index in [1.54, 1.807) is 6.92 Å². The average Bonchev–Trinajstić information content (AvgIpc) is 2.76. The number of aliphatic carboxylic acids is 1. The van der Waals surface area contributed by atoms with Crippen molar-refractivity contribution in [3.05, 3.63) is 0 Å². The molecule has 0 radical (unpaired) electrons. The van der Waals surface area contributed by atoms with E-state index in [0.717, 1.165) is 25.7 Å². The number of hydrogen-bond donors (Lipinski definition) is 2. The van der Waals surface area contributed by atoms with Crippen LogP contribution < -0.4 is 5.32 Å². The molecule has 18 heavy (non-hydrogen) atoms. The molecule has 1 unspecified atom stereocenters. The summed E-state index contributed by atoms with van der Waals surface area (Å²) in [7, 11) is 0. The standard InChI is InChI=1S/C13H24N2O3/c1-9(2)14-13(18)10(3)15(8-12(16)17)11-6-4-5-7-11/h9-11H,4-8H2,1-3H3,(H,14,18)(H,16,17). The van der Waals surface area contributed by atoms with Gasteiger partial charge >= 0.3 is 5.97 Å². The maximum atomic E-state index is 12.0. The minimum Gasteiger partial charge on any atom is -0.480 e. The zero-order valence-electron chi connectivity index (χ0n) is 11.5. The van der Waals surface area contributed by atoms with Gasteiger partial charge in [-0.05, 0) is 33.6 Å². The summed E-state index contributed by atoms with van der Waals surface area (Å²) in [4.78, 5) is 24.8.